The molecule has 1 aromatic rings. The first-order valence-corrected chi connectivity index (χ1v) is 7.37. The smallest absolute Gasteiger partial charge is 0.123 e. The van der Waals surface area contributed by atoms with Gasteiger partial charge in [-0.3, -0.25) is 4.90 Å². The monoisotopic (exact) mass is 312 g/mol. The van der Waals surface area contributed by atoms with Crippen LogP contribution in [-0.4, -0.2) is 47.4 Å². The van der Waals surface area contributed by atoms with Gasteiger partial charge in [0.25, 0.3) is 0 Å². The average Bonchev–Trinajstić information content (AvgIpc) is 2.38. The van der Waals surface area contributed by atoms with Crippen LogP contribution in [0, 0.1) is 5.82 Å². The molecule has 0 aromatic heterocycles. The molecule has 0 amide bonds. The summed E-state index contributed by atoms with van der Waals surface area (Å²) in [6.07, 6.45) is 1.23. The molecule has 1 aliphatic rings. The van der Waals surface area contributed by atoms with E-state index >= 15 is 0 Å². The van der Waals surface area contributed by atoms with E-state index in [9.17, 15) is 9.50 Å². The summed E-state index contributed by atoms with van der Waals surface area (Å²) >= 11 is 5.00. The molecule has 1 fully saturated rings. The highest BCUT2D eigenvalue weighted by Crippen LogP contribution is 2.22. The minimum absolute atomic E-state index is 0.253. The summed E-state index contributed by atoms with van der Waals surface area (Å²) in [7, 11) is 1.89. The minimum atomic E-state index is -0.746. The van der Waals surface area contributed by atoms with Crippen LogP contribution in [0.2, 0.25) is 0 Å². The van der Waals surface area contributed by atoms with Crippen molar-refractivity contribution in [3.63, 3.8) is 0 Å². The van der Waals surface area contributed by atoms with Crippen molar-refractivity contribution in [2.45, 2.75) is 25.0 Å². The molecule has 0 radical (unpaired) electrons. The van der Waals surface area contributed by atoms with Gasteiger partial charge in [0.05, 0.1) is 5.60 Å². The van der Waals surface area contributed by atoms with Crippen LogP contribution in [0.15, 0.2) is 18.2 Å². The molecule has 1 aromatic carbocycles. The number of ether oxygens (including phenoxy) is 1. The highest BCUT2D eigenvalue weighted by atomic mass is 32.1. The molecule has 1 saturated heterocycles. The molecule has 1 aliphatic heterocycles. The van der Waals surface area contributed by atoms with Crippen LogP contribution in [0.4, 0.5) is 4.39 Å². The van der Waals surface area contributed by atoms with Crippen molar-refractivity contribution in [3.8, 4) is 0 Å². The SMILES string of the molecule is CN(Cc1cc(F)ccc1C(N)=S)CC1(O)CCOCC1. The van der Waals surface area contributed by atoms with E-state index in [0.717, 1.165) is 5.56 Å². The van der Waals surface area contributed by atoms with E-state index in [1.54, 1.807) is 6.07 Å². The summed E-state index contributed by atoms with van der Waals surface area (Å²) < 4.78 is 18.7. The van der Waals surface area contributed by atoms with Crippen molar-refractivity contribution in [2.75, 3.05) is 26.8 Å². The fraction of sp³-hybridized carbons (Fsp3) is 0.533. The van der Waals surface area contributed by atoms with E-state index in [1.165, 1.54) is 12.1 Å². The fourth-order valence-electron chi connectivity index (χ4n) is 2.69. The summed E-state index contributed by atoms with van der Waals surface area (Å²) in [4.78, 5) is 2.21. The highest BCUT2D eigenvalue weighted by molar-refractivity contribution is 7.80. The Labute approximate surface area is 129 Å². The molecular weight excluding hydrogens is 291 g/mol. The first-order chi connectivity index (χ1) is 9.89. The molecule has 1 heterocycles. The van der Waals surface area contributed by atoms with E-state index in [4.69, 9.17) is 22.7 Å². The Morgan fingerprint density at radius 3 is 2.76 bits per heavy atom. The van der Waals surface area contributed by atoms with Crippen molar-refractivity contribution < 1.29 is 14.2 Å². The maximum absolute atomic E-state index is 13.4. The van der Waals surface area contributed by atoms with Crippen LogP contribution in [-0.2, 0) is 11.3 Å². The Bertz CT molecular complexity index is 518. The third-order valence-electron chi connectivity index (χ3n) is 3.76. The van der Waals surface area contributed by atoms with Crippen molar-refractivity contribution >= 4 is 17.2 Å². The highest BCUT2D eigenvalue weighted by Gasteiger charge is 2.31. The maximum atomic E-state index is 13.4. The Morgan fingerprint density at radius 1 is 1.48 bits per heavy atom. The molecular formula is C15H21FN2O2S. The number of nitrogens with two attached hydrogens (primary N) is 1. The van der Waals surface area contributed by atoms with Gasteiger partial charge in [0.1, 0.15) is 10.8 Å². The van der Waals surface area contributed by atoms with Gasteiger partial charge in [0.15, 0.2) is 0 Å². The number of likely N-dealkylation sites (N-methyl/N-ethyl adjacent to an activating group) is 1. The molecule has 0 aliphatic carbocycles. The van der Waals surface area contributed by atoms with Crippen molar-refractivity contribution in [1.29, 1.82) is 0 Å². The lowest BCUT2D eigenvalue weighted by Gasteiger charge is -2.35. The summed E-state index contributed by atoms with van der Waals surface area (Å²) in [6.45, 7) is 2.13. The number of thiocarbonyl (C=S) groups is 1. The number of benzene rings is 1. The summed E-state index contributed by atoms with van der Waals surface area (Å²) in [6, 6.07) is 4.40. The molecule has 21 heavy (non-hydrogen) atoms. The van der Waals surface area contributed by atoms with Gasteiger partial charge in [0.2, 0.25) is 0 Å². The van der Waals surface area contributed by atoms with Gasteiger partial charge in [-0.2, -0.15) is 0 Å². The lowest BCUT2D eigenvalue weighted by atomic mass is 9.93. The molecule has 0 unspecified atom stereocenters. The van der Waals surface area contributed by atoms with E-state index in [1.807, 2.05) is 11.9 Å². The first-order valence-electron chi connectivity index (χ1n) is 6.96. The van der Waals surface area contributed by atoms with Crippen LogP contribution >= 0.6 is 12.2 Å². The maximum Gasteiger partial charge on any atom is 0.123 e. The minimum Gasteiger partial charge on any atom is -0.389 e. The third-order valence-corrected chi connectivity index (χ3v) is 3.98. The van der Waals surface area contributed by atoms with E-state index in [2.05, 4.69) is 0 Å². The Hall–Kier alpha value is -1.08. The molecule has 4 nitrogen and oxygen atoms in total. The molecule has 116 valence electrons. The summed E-state index contributed by atoms with van der Waals surface area (Å²) in [5, 5.41) is 10.5. The van der Waals surface area contributed by atoms with Gasteiger partial charge >= 0.3 is 0 Å². The predicted octanol–water partition coefficient (Wildman–Crippen LogP) is 1.43. The van der Waals surface area contributed by atoms with Crippen molar-refractivity contribution in [3.05, 3.63) is 35.1 Å². The molecule has 3 N–H and O–H groups in total. The zero-order valence-corrected chi connectivity index (χ0v) is 13.0. The van der Waals surface area contributed by atoms with Crippen LogP contribution in [0.25, 0.3) is 0 Å². The lowest BCUT2D eigenvalue weighted by Crippen LogP contribution is -2.45. The lowest BCUT2D eigenvalue weighted by molar-refractivity contribution is -0.0777. The quantitative estimate of drug-likeness (QED) is 0.806. The second-order valence-corrected chi connectivity index (χ2v) is 6.11. The van der Waals surface area contributed by atoms with Gasteiger partial charge in [-0.1, -0.05) is 12.2 Å². The van der Waals surface area contributed by atoms with Gasteiger partial charge in [0, 0.05) is 44.7 Å². The zero-order valence-electron chi connectivity index (χ0n) is 12.1. The topological polar surface area (TPSA) is 58.7 Å². The molecule has 0 bridgehead atoms. The molecule has 0 atom stereocenters. The average molecular weight is 312 g/mol. The van der Waals surface area contributed by atoms with Crippen LogP contribution < -0.4 is 5.73 Å². The van der Waals surface area contributed by atoms with Crippen molar-refractivity contribution in [1.82, 2.24) is 4.90 Å². The number of nitrogens with zero attached hydrogens (tertiary/aromatic N) is 1. The second-order valence-electron chi connectivity index (χ2n) is 5.67. The largest absolute Gasteiger partial charge is 0.389 e. The number of hydrogen-bond donors (Lipinski definition) is 2. The van der Waals surface area contributed by atoms with E-state index < -0.39 is 5.60 Å². The van der Waals surface area contributed by atoms with Gasteiger partial charge in [-0.15, -0.1) is 0 Å². The van der Waals surface area contributed by atoms with Crippen LogP contribution in [0.5, 0.6) is 0 Å². The predicted molar refractivity (Wildman–Crippen MR) is 83.6 cm³/mol. The number of aliphatic hydroxyl groups is 1. The third kappa shape index (κ3) is 4.44. The number of hydrogen-bond acceptors (Lipinski definition) is 4. The van der Waals surface area contributed by atoms with Gasteiger partial charge in [-0.05, 0) is 30.8 Å². The fourth-order valence-corrected chi connectivity index (χ4v) is 2.89. The van der Waals surface area contributed by atoms with Gasteiger partial charge < -0.3 is 15.6 Å². The van der Waals surface area contributed by atoms with E-state index in [-0.39, 0.29) is 10.8 Å². The molecule has 0 spiro atoms. The van der Waals surface area contributed by atoms with E-state index in [0.29, 0.717) is 44.7 Å². The molecule has 0 saturated carbocycles. The second kappa shape index (κ2) is 6.79. The number of halogens is 1. The molecule has 2 rings (SSSR count). The Balaban J connectivity index is 2.06. The molecule has 6 heteroatoms. The first kappa shape index (κ1) is 16.3. The number of rotatable bonds is 5. The van der Waals surface area contributed by atoms with Crippen LogP contribution in [0.3, 0.4) is 0 Å². The summed E-state index contributed by atoms with van der Waals surface area (Å²) in [5.41, 5.74) is 6.34. The Morgan fingerprint density at radius 2 is 2.14 bits per heavy atom. The standard InChI is InChI=1S/C15H21FN2O2S/c1-18(10-15(19)4-6-20-7-5-15)9-11-8-12(16)2-3-13(11)14(17)21/h2-3,8,19H,4-7,9-10H2,1H3,(H2,17,21). The van der Waals surface area contributed by atoms with Gasteiger partial charge in [-0.25, -0.2) is 4.39 Å². The summed E-state index contributed by atoms with van der Waals surface area (Å²) in [5.74, 6) is -0.317. The Kier molecular flexibility index (Phi) is 5.27. The zero-order chi connectivity index (χ0) is 15.5. The van der Waals surface area contributed by atoms with Crippen LogP contribution in [0.1, 0.15) is 24.0 Å². The normalized spacial score (nSPS) is 17.9. The van der Waals surface area contributed by atoms with Crippen molar-refractivity contribution in [2.24, 2.45) is 5.73 Å².